The molecule has 0 unspecified atom stereocenters. The normalized spacial score (nSPS) is 12.5. The van der Waals surface area contributed by atoms with E-state index in [0.29, 0.717) is 0 Å². The van der Waals surface area contributed by atoms with Gasteiger partial charge in [-0.1, -0.05) is 11.8 Å². The van der Waals surface area contributed by atoms with Gasteiger partial charge in [0.05, 0.1) is 6.26 Å². The Morgan fingerprint density at radius 3 is 2.50 bits per heavy atom. The maximum absolute atomic E-state index is 10.6. The average molecular weight is 220 g/mol. The van der Waals surface area contributed by atoms with Crippen molar-refractivity contribution in [3.05, 3.63) is 0 Å². The molecule has 0 fully saturated rings. The Kier molecular flexibility index (Phi) is 5.20. The Balaban J connectivity index is 3.93. The fraction of sp³-hybridized carbons (Fsp3) is 0.625. The molecule has 0 aromatic carbocycles. The maximum atomic E-state index is 10.6. The molecule has 0 aromatic heterocycles. The van der Waals surface area contributed by atoms with E-state index in [2.05, 4.69) is 20.8 Å². The van der Waals surface area contributed by atoms with Gasteiger partial charge in [-0.15, -0.1) is 0 Å². The van der Waals surface area contributed by atoms with Crippen molar-refractivity contribution in [3.63, 3.8) is 0 Å². The summed E-state index contributed by atoms with van der Waals surface area (Å²) in [6.45, 7) is 2.69. The zero-order valence-electron chi connectivity index (χ0n) is 8.23. The quantitative estimate of drug-likeness (QED) is 0.378. The summed E-state index contributed by atoms with van der Waals surface area (Å²) in [5.74, 6) is 4.49. The summed E-state index contributed by atoms with van der Waals surface area (Å²) in [6, 6.07) is 0. The molecule has 6 heteroatoms. The van der Waals surface area contributed by atoms with E-state index in [1.165, 1.54) is 13.8 Å². The molecule has 0 spiro atoms. The highest BCUT2D eigenvalue weighted by atomic mass is 32.2. The molecule has 14 heavy (non-hydrogen) atoms. The van der Waals surface area contributed by atoms with Gasteiger partial charge in [0, 0.05) is 6.92 Å². The Bertz CT molecular complexity index is 346. The third kappa shape index (κ3) is 9.03. The third-order valence-electron chi connectivity index (χ3n) is 0.972. The summed E-state index contributed by atoms with van der Waals surface area (Å²) in [4.78, 5) is 10.3. The Morgan fingerprint density at radius 1 is 1.50 bits per heavy atom. The van der Waals surface area contributed by atoms with Crippen molar-refractivity contribution in [2.24, 2.45) is 0 Å². The SMILES string of the molecule is CC(=O)OCC#C[C@H](C)OS(C)(=O)=O. The second-order valence-corrected chi connectivity index (χ2v) is 4.14. The highest BCUT2D eigenvalue weighted by molar-refractivity contribution is 7.86. The van der Waals surface area contributed by atoms with Gasteiger partial charge >= 0.3 is 5.97 Å². The Hall–Kier alpha value is -1.06. The van der Waals surface area contributed by atoms with E-state index >= 15 is 0 Å². The molecule has 1 atom stereocenters. The topological polar surface area (TPSA) is 69.7 Å². The van der Waals surface area contributed by atoms with Crippen LogP contribution >= 0.6 is 0 Å². The summed E-state index contributed by atoms with van der Waals surface area (Å²) < 4.78 is 30.2. The second-order valence-electron chi connectivity index (χ2n) is 2.54. The molecule has 0 heterocycles. The van der Waals surface area contributed by atoms with Crippen LogP contribution in [0, 0.1) is 11.8 Å². The van der Waals surface area contributed by atoms with Crippen LogP contribution in [-0.4, -0.2) is 33.4 Å². The monoisotopic (exact) mass is 220 g/mol. The van der Waals surface area contributed by atoms with E-state index in [1.54, 1.807) is 0 Å². The molecule has 0 saturated heterocycles. The fourth-order valence-electron chi connectivity index (χ4n) is 0.609. The summed E-state index contributed by atoms with van der Waals surface area (Å²) in [7, 11) is -3.49. The molecule has 0 saturated carbocycles. The van der Waals surface area contributed by atoms with Crippen LogP contribution < -0.4 is 0 Å². The van der Waals surface area contributed by atoms with Crippen LogP contribution in [-0.2, 0) is 23.8 Å². The second kappa shape index (κ2) is 5.62. The lowest BCUT2D eigenvalue weighted by Crippen LogP contribution is -2.12. The van der Waals surface area contributed by atoms with E-state index < -0.39 is 22.2 Å². The molecule has 0 bridgehead atoms. The lowest BCUT2D eigenvalue weighted by Gasteiger charge is -2.02. The van der Waals surface area contributed by atoms with Crippen molar-refractivity contribution in [1.82, 2.24) is 0 Å². The molecular weight excluding hydrogens is 208 g/mol. The average Bonchev–Trinajstić information content (AvgIpc) is 1.94. The first-order valence-electron chi connectivity index (χ1n) is 3.81. The van der Waals surface area contributed by atoms with Crippen molar-refractivity contribution >= 4 is 16.1 Å². The summed E-state index contributed by atoms with van der Waals surface area (Å²) in [5.41, 5.74) is 0. The van der Waals surface area contributed by atoms with E-state index in [1.807, 2.05) is 0 Å². The molecule has 0 aromatic rings. The Labute approximate surface area is 83.5 Å². The number of hydrogen-bond acceptors (Lipinski definition) is 5. The first kappa shape index (κ1) is 12.9. The van der Waals surface area contributed by atoms with Crippen LogP contribution in [0.5, 0.6) is 0 Å². The molecule has 80 valence electrons. The van der Waals surface area contributed by atoms with Gasteiger partial charge in [0.2, 0.25) is 0 Å². The smallest absolute Gasteiger partial charge is 0.303 e. The van der Waals surface area contributed by atoms with Gasteiger partial charge in [0.1, 0.15) is 6.10 Å². The number of rotatable bonds is 3. The molecule has 5 nitrogen and oxygen atoms in total. The summed E-state index contributed by atoms with van der Waals surface area (Å²) >= 11 is 0. The Morgan fingerprint density at radius 2 is 2.07 bits per heavy atom. The molecule has 0 aliphatic heterocycles. The van der Waals surface area contributed by atoms with Gasteiger partial charge in [0.25, 0.3) is 10.1 Å². The van der Waals surface area contributed by atoms with Gasteiger partial charge in [-0.05, 0) is 6.92 Å². The third-order valence-corrected chi connectivity index (χ3v) is 1.61. The number of esters is 1. The largest absolute Gasteiger partial charge is 0.453 e. The summed E-state index contributed by atoms with van der Waals surface area (Å²) in [5, 5.41) is 0. The van der Waals surface area contributed by atoms with Crippen molar-refractivity contribution in [2.45, 2.75) is 20.0 Å². The van der Waals surface area contributed by atoms with Crippen molar-refractivity contribution in [1.29, 1.82) is 0 Å². The van der Waals surface area contributed by atoms with Gasteiger partial charge in [-0.3, -0.25) is 8.98 Å². The van der Waals surface area contributed by atoms with Crippen molar-refractivity contribution < 1.29 is 22.1 Å². The van der Waals surface area contributed by atoms with Crippen LogP contribution in [0.3, 0.4) is 0 Å². The first-order chi connectivity index (χ1) is 6.31. The highest BCUT2D eigenvalue weighted by Gasteiger charge is 2.06. The van der Waals surface area contributed by atoms with E-state index in [-0.39, 0.29) is 6.61 Å². The molecular formula is C8H12O5S. The minimum atomic E-state index is -3.49. The van der Waals surface area contributed by atoms with Gasteiger partial charge in [0.15, 0.2) is 6.61 Å². The highest BCUT2D eigenvalue weighted by Crippen LogP contribution is 1.94. The molecule has 0 rings (SSSR count). The number of hydrogen-bond donors (Lipinski definition) is 0. The lowest BCUT2D eigenvalue weighted by molar-refractivity contribution is -0.139. The standard InChI is InChI=1S/C8H12O5S/c1-7(13-14(3,10)11)5-4-6-12-8(2)9/h7H,6H2,1-3H3/t7-/m0/s1. The zero-order valence-corrected chi connectivity index (χ0v) is 9.05. The maximum Gasteiger partial charge on any atom is 0.303 e. The minimum Gasteiger partial charge on any atom is -0.453 e. The van der Waals surface area contributed by atoms with Crippen LogP contribution in [0.2, 0.25) is 0 Å². The van der Waals surface area contributed by atoms with Crippen LogP contribution in [0.1, 0.15) is 13.8 Å². The zero-order chi connectivity index (χ0) is 11.2. The lowest BCUT2D eigenvalue weighted by atomic mass is 10.4. The molecule has 0 aliphatic carbocycles. The van der Waals surface area contributed by atoms with Gasteiger partial charge in [-0.2, -0.15) is 8.42 Å². The molecule has 0 aliphatic rings. The van der Waals surface area contributed by atoms with Crippen LogP contribution in [0.15, 0.2) is 0 Å². The minimum absolute atomic E-state index is 0.0627. The molecule has 0 amide bonds. The number of carbonyl (C=O) groups excluding carboxylic acids is 1. The van der Waals surface area contributed by atoms with Crippen LogP contribution in [0.25, 0.3) is 0 Å². The fourth-order valence-corrected chi connectivity index (χ4v) is 1.18. The summed E-state index contributed by atoms with van der Waals surface area (Å²) in [6.07, 6.45) is 0.206. The molecule has 0 N–H and O–H groups in total. The molecule has 0 radical (unpaired) electrons. The van der Waals surface area contributed by atoms with E-state index in [9.17, 15) is 13.2 Å². The number of carbonyl (C=O) groups is 1. The predicted molar refractivity (Wildman–Crippen MR) is 49.8 cm³/mol. The van der Waals surface area contributed by atoms with E-state index in [4.69, 9.17) is 0 Å². The van der Waals surface area contributed by atoms with Crippen molar-refractivity contribution in [3.8, 4) is 11.8 Å². The van der Waals surface area contributed by atoms with Gasteiger partial charge in [-0.25, -0.2) is 0 Å². The first-order valence-corrected chi connectivity index (χ1v) is 5.63. The van der Waals surface area contributed by atoms with Crippen molar-refractivity contribution in [2.75, 3.05) is 12.9 Å². The van der Waals surface area contributed by atoms with Gasteiger partial charge < -0.3 is 4.74 Å². The van der Waals surface area contributed by atoms with Crippen LogP contribution in [0.4, 0.5) is 0 Å². The number of ether oxygens (including phenoxy) is 1. The van der Waals surface area contributed by atoms with E-state index in [0.717, 1.165) is 6.26 Å². The predicted octanol–water partition coefficient (Wildman–Crippen LogP) is -0.0824.